The molecule has 0 saturated heterocycles. The fourth-order valence-corrected chi connectivity index (χ4v) is 1.12. The Kier molecular flexibility index (Phi) is 2.85. The Hall–Kier alpha value is -1.32. The lowest BCUT2D eigenvalue weighted by molar-refractivity contribution is -0.483. The maximum absolute atomic E-state index is 10.2. The summed E-state index contributed by atoms with van der Waals surface area (Å²) in [4.78, 5) is 9.92. The number of hydrogen-bond acceptors (Lipinski definition) is 3. The first-order valence-electron chi connectivity index (χ1n) is 3.89. The van der Waals surface area contributed by atoms with Crippen molar-refractivity contribution < 1.29 is 9.34 Å². The molecule has 0 N–H and O–H groups in total. The molecular weight excluding hydrogens is 158 g/mol. The van der Waals surface area contributed by atoms with Gasteiger partial charge in [0.05, 0.1) is 12.2 Å². The van der Waals surface area contributed by atoms with E-state index >= 15 is 0 Å². The summed E-state index contributed by atoms with van der Waals surface area (Å²) in [6.45, 7) is 1.86. The molecule has 66 valence electrons. The average Bonchev–Trinajstić information content (AvgIpc) is 2.51. The van der Waals surface area contributed by atoms with Gasteiger partial charge in [-0.2, -0.15) is 0 Å². The summed E-state index contributed by atoms with van der Waals surface area (Å²) in [6, 6.07) is 3.52. The third kappa shape index (κ3) is 2.08. The number of hydrogen-bond donors (Lipinski definition) is 0. The van der Waals surface area contributed by atoms with E-state index in [2.05, 4.69) is 0 Å². The second kappa shape index (κ2) is 3.90. The minimum Gasteiger partial charge on any atom is -0.469 e. The molecule has 0 bridgehead atoms. The lowest BCUT2D eigenvalue weighted by atomic mass is 10.0. The van der Waals surface area contributed by atoms with Gasteiger partial charge >= 0.3 is 0 Å². The van der Waals surface area contributed by atoms with Gasteiger partial charge in [0, 0.05) is 4.92 Å². The van der Waals surface area contributed by atoms with Gasteiger partial charge in [-0.15, -0.1) is 0 Å². The van der Waals surface area contributed by atoms with E-state index < -0.39 is 0 Å². The van der Waals surface area contributed by atoms with Crippen molar-refractivity contribution in [1.82, 2.24) is 0 Å². The van der Waals surface area contributed by atoms with Crippen molar-refractivity contribution in [3.63, 3.8) is 0 Å². The van der Waals surface area contributed by atoms with Gasteiger partial charge in [0.15, 0.2) is 0 Å². The highest BCUT2D eigenvalue weighted by atomic mass is 16.6. The highest BCUT2D eigenvalue weighted by Crippen LogP contribution is 2.19. The van der Waals surface area contributed by atoms with E-state index in [1.807, 2.05) is 6.92 Å². The van der Waals surface area contributed by atoms with Crippen LogP contribution in [0.2, 0.25) is 0 Å². The van der Waals surface area contributed by atoms with Crippen LogP contribution < -0.4 is 0 Å². The molecule has 1 rings (SSSR count). The van der Waals surface area contributed by atoms with E-state index in [0.717, 1.165) is 6.42 Å². The molecule has 1 aromatic rings. The van der Waals surface area contributed by atoms with Gasteiger partial charge < -0.3 is 4.42 Å². The van der Waals surface area contributed by atoms with Crippen LogP contribution in [0.15, 0.2) is 22.8 Å². The molecule has 0 aliphatic carbocycles. The smallest absolute Gasteiger partial charge is 0.213 e. The van der Waals surface area contributed by atoms with E-state index in [-0.39, 0.29) is 17.4 Å². The number of furan rings is 1. The van der Waals surface area contributed by atoms with Crippen molar-refractivity contribution in [3.05, 3.63) is 34.3 Å². The first kappa shape index (κ1) is 8.77. The van der Waals surface area contributed by atoms with Gasteiger partial charge in [0.1, 0.15) is 5.76 Å². The molecule has 0 aromatic carbocycles. The van der Waals surface area contributed by atoms with E-state index in [1.165, 1.54) is 6.26 Å². The minimum atomic E-state index is -0.309. The van der Waals surface area contributed by atoms with Crippen LogP contribution in [0.5, 0.6) is 0 Å². The second-order valence-corrected chi connectivity index (χ2v) is 2.64. The van der Waals surface area contributed by atoms with Gasteiger partial charge in [0.2, 0.25) is 6.54 Å². The largest absolute Gasteiger partial charge is 0.469 e. The van der Waals surface area contributed by atoms with Gasteiger partial charge in [0.25, 0.3) is 0 Å². The Morgan fingerprint density at radius 2 is 2.50 bits per heavy atom. The average molecular weight is 169 g/mol. The normalized spacial score (nSPS) is 12.8. The Morgan fingerprint density at radius 1 is 1.75 bits per heavy atom. The van der Waals surface area contributed by atoms with E-state index in [0.29, 0.717) is 5.76 Å². The van der Waals surface area contributed by atoms with E-state index in [1.54, 1.807) is 12.1 Å². The molecule has 1 aromatic heterocycles. The second-order valence-electron chi connectivity index (χ2n) is 2.64. The molecule has 0 amide bonds. The number of rotatable bonds is 4. The Labute approximate surface area is 70.3 Å². The quantitative estimate of drug-likeness (QED) is 0.512. The van der Waals surface area contributed by atoms with Crippen LogP contribution in [-0.4, -0.2) is 11.5 Å². The summed E-state index contributed by atoms with van der Waals surface area (Å²) in [5.41, 5.74) is 0. The number of nitrogens with zero attached hydrogens (tertiary/aromatic N) is 1. The van der Waals surface area contributed by atoms with Crippen molar-refractivity contribution >= 4 is 0 Å². The maximum Gasteiger partial charge on any atom is 0.213 e. The van der Waals surface area contributed by atoms with Crippen LogP contribution in [0.4, 0.5) is 0 Å². The zero-order valence-electron chi connectivity index (χ0n) is 6.90. The molecule has 1 heterocycles. The third-order valence-corrected chi connectivity index (χ3v) is 1.81. The van der Waals surface area contributed by atoms with Gasteiger partial charge in [-0.05, 0) is 18.6 Å². The predicted octanol–water partition coefficient (Wildman–Crippen LogP) is 2.05. The van der Waals surface area contributed by atoms with Crippen LogP contribution in [0.1, 0.15) is 25.0 Å². The fourth-order valence-electron chi connectivity index (χ4n) is 1.12. The maximum atomic E-state index is 10.2. The molecule has 4 nitrogen and oxygen atoms in total. The van der Waals surface area contributed by atoms with E-state index in [4.69, 9.17) is 4.42 Å². The molecular formula is C8H11NO3. The molecule has 12 heavy (non-hydrogen) atoms. The van der Waals surface area contributed by atoms with Crippen LogP contribution in [0.3, 0.4) is 0 Å². The lowest BCUT2D eigenvalue weighted by Crippen LogP contribution is -2.10. The van der Waals surface area contributed by atoms with Crippen molar-refractivity contribution in [2.24, 2.45) is 0 Å². The lowest BCUT2D eigenvalue weighted by Gasteiger charge is -2.05. The van der Waals surface area contributed by atoms with Crippen LogP contribution in [0.25, 0.3) is 0 Å². The number of nitro groups is 1. The standard InChI is InChI=1S/C8H11NO3/c1-2-7(6-9(10)11)8-4-3-5-12-8/h3-5,7H,2,6H2,1H3/t7-/m1/s1. The molecule has 0 radical (unpaired) electrons. The van der Waals surface area contributed by atoms with Crippen molar-refractivity contribution in [1.29, 1.82) is 0 Å². The zero-order valence-corrected chi connectivity index (χ0v) is 6.90. The van der Waals surface area contributed by atoms with Crippen molar-refractivity contribution in [2.45, 2.75) is 19.3 Å². The topological polar surface area (TPSA) is 56.3 Å². The third-order valence-electron chi connectivity index (χ3n) is 1.81. The summed E-state index contributed by atoms with van der Waals surface area (Å²) >= 11 is 0. The molecule has 0 spiro atoms. The molecule has 0 aliphatic rings. The van der Waals surface area contributed by atoms with Crippen molar-refractivity contribution in [2.75, 3.05) is 6.54 Å². The van der Waals surface area contributed by atoms with E-state index in [9.17, 15) is 10.1 Å². The molecule has 4 heteroatoms. The predicted molar refractivity (Wildman–Crippen MR) is 43.6 cm³/mol. The van der Waals surface area contributed by atoms with Crippen LogP contribution >= 0.6 is 0 Å². The first-order chi connectivity index (χ1) is 5.74. The fraction of sp³-hybridized carbons (Fsp3) is 0.500. The molecule has 0 saturated carbocycles. The highest BCUT2D eigenvalue weighted by Gasteiger charge is 2.17. The Morgan fingerprint density at radius 3 is 2.92 bits per heavy atom. The Balaban J connectivity index is 2.63. The molecule has 0 aliphatic heterocycles. The van der Waals surface area contributed by atoms with Crippen molar-refractivity contribution in [3.8, 4) is 0 Å². The molecule has 0 unspecified atom stereocenters. The molecule has 1 atom stereocenters. The molecule has 0 fully saturated rings. The first-order valence-corrected chi connectivity index (χ1v) is 3.89. The van der Waals surface area contributed by atoms with Gasteiger partial charge in [-0.1, -0.05) is 6.92 Å². The van der Waals surface area contributed by atoms with Gasteiger partial charge in [-0.25, -0.2) is 0 Å². The monoisotopic (exact) mass is 169 g/mol. The highest BCUT2D eigenvalue weighted by molar-refractivity contribution is 5.04. The summed E-state index contributed by atoms with van der Waals surface area (Å²) in [7, 11) is 0. The van der Waals surface area contributed by atoms with Gasteiger partial charge in [-0.3, -0.25) is 10.1 Å². The summed E-state index contributed by atoms with van der Waals surface area (Å²) in [5.74, 6) is 0.615. The minimum absolute atomic E-state index is 0.0516. The summed E-state index contributed by atoms with van der Waals surface area (Å²) < 4.78 is 5.08. The SMILES string of the molecule is CC[C@H](C[N+](=O)[O-])c1ccco1. The summed E-state index contributed by atoms with van der Waals surface area (Å²) in [6.07, 6.45) is 2.27. The van der Waals surface area contributed by atoms with Crippen LogP contribution in [0, 0.1) is 10.1 Å². The zero-order chi connectivity index (χ0) is 8.97. The Bertz CT molecular complexity index is 243. The van der Waals surface area contributed by atoms with Crippen LogP contribution in [-0.2, 0) is 0 Å². The summed E-state index contributed by atoms with van der Waals surface area (Å²) in [5, 5.41) is 10.2.